The minimum absolute atomic E-state index is 0.0881. The summed E-state index contributed by atoms with van der Waals surface area (Å²) in [5.74, 6) is 0.202. The molecule has 1 fully saturated rings. The third kappa shape index (κ3) is 3.88. The molecule has 162 valence electrons. The smallest absolute Gasteiger partial charge is 0.154 e. The van der Waals surface area contributed by atoms with E-state index in [1.807, 2.05) is 31.2 Å². The Bertz CT molecular complexity index is 1290. The molecule has 5 rings (SSSR count). The van der Waals surface area contributed by atoms with Crippen molar-refractivity contribution in [2.45, 2.75) is 13.0 Å². The lowest BCUT2D eigenvalue weighted by Crippen LogP contribution is -2.34. The van der Waals surface area contributed by atoms with Crippen LogP contribution in [0.1, 0.15) is 17.2 Å². The summed E-state index contributed by atoms with van der Waals surface area (Å²) < 4.78 is 20.6. The third-order valence-corrected chi connectivity index (χ3v) is 5.81. The number of nitrogen functional groups attached to an aromatic ring is 1. The number of rotatable bonds is 4. The Balaban J connectivity index is 1.50. The zero-order valence-corrected chi connectivity index (χ0v) is 17.7. The molecule has 1 atom stereocenters. The van der Waals surface area contributed by atoms with Gasteiger partial charge in [0.1, 0.15) is 5.82 Å². The molecule has 1 saturated heterocycles. The second-order valence-electron chi connectivity index (χ2n) is 7.97. The Morgan fingerprint density at radius 1 is 1.16 bits per heavy atom. The van der Waals surface area contributed by atoms with Gasteiger partial charge in [-0.2, -0.15) is 0 Å². The van der Waals surface area contributed by atoms with Crippen LogP contribution in [0.25, 0.3) is 21.9 Å². The number of halogens is 1. The Labute approximate surface area is 185 Å². The topological polar surface area (TPSA) is 85.1 Å². The maximum absolute atomic E-state index is 15.1. The molecule has 0 bridgehead atoms. The minimum Gasteiger partial charge on any atom is -0.396 e. The van der Waals surface area contributed by atoms with Gasteiger partial charge in [0.2, 0.25) is 0 Å². The predicted molar refractivity (Wildman–Crippen MR) is 125 cm³/mol. The molecule has 0 amide bonds. The molecule has 0 saturated carbocycles. The van der Waals surface area contributed by atoms with E-state index in [-0.39, 0.29) is 11.7 Å². The molecule has 2 aromatic carbocycles. The summed E-state index contributed by atoms with van der Waals surface area (Å²) in [4.78, 5) is 8.60. The molecule has 4 N–H and O–H groups in total. The summed E-state index contributed by atoms with van der Waals surface area (Å²) in [7, 11) is 0. The monoisotopic (exact) mass is 429 g/mol. The number of pyridine rings is 2. The predicted octanol–water partition coefficient (Wildman–Crippen LogP) is 4.73. The lowest BCUT2D eigenvalue weighted by molar-refractivity contribution is 0.0769. The fourth-order valence-corrected chi connectivity index (χ4v) is 4.07. The molecular formula is C25H24FN5O. The SMILES string of the molecule is Cc1ccncc1-c1cc2cc(Nc3cccc([C@H]4COCCN4)c3)ncc2c(N)c1F. The van der Waals surface area contributed by atoms with Crippen molar-refractivity contribution in [1.29, 1.82) is 0 Å². The van der Waals surface area contributed by atoms with Gasteiger partial charge in [0.05, 0.1) is 24.9 Å². The molecule has 3 heterocycles. The molecule has 1 aliphatic heterocycles. The number of nitrogens with zero attached hydrogens (tertiary/aromatic N) is 2. The lowest BCUT2D eigenvalue weighted by Gasteiger charge is -2.24. The zero-order chi connectivity index (χ0) is 22.1. The highest BCUT2D eigenvalue weighted by atomic mass is 19.1. The van der Waals surface area contributed by atoms with Crippen LogP contribution < -0.4 is 16.4 Å². The fraction of sp³-hybridized carbons (Fsp3) is 0.200. The van der Waals surface area contributed by atoms with Crippen LogP contribution in [0.4, 0.5) is 21.6 Å². The van der Waals surface area contributed by atoms with Crippen molar-refractivity contribution in [2.75, 3.05) is 30.8 Å². The maximum Gasteiger partial charge on any atom is 0.154 e. The summed E-state index contributed by atoms with van der Waals surface area (Å²) in [6, 6.07) is 13.9. The lowest BCUT2D eigenvalue weighted by atomic mass is 9.98. The summed E-state index contributed by atoms with van der Waals surface area (Å²) in [6.45, 7) is 4.15. The highest BCUT2D eigenvalue weighted by molar-refractivity contribution is 5.98. The van der Waals surface area contributed by atoms with Crippen molar-refractivity contribution in [1.82, 2.24) is 15.3 Å². The average Bonchev–Trinajstić information content (AvgIpc) is 2.83. The van der Waals surface area contributed by atoms with E-state index < -0.39 is 5.82 Å². The van der Waals surface area contributed by atoms with Gasteiger partial charge < -0.3 is 21.1 Å². The van der Waals surface area contributed by atoms with Gasteiger partial charge in [0, 0.05) is 47.3 Å². The van der Waals surface area contributed by atoms with E-state index in [9.17, 15) is 0 Å². The van der Waals surface area contributed by atoms with Gasteiger partial charge in [-0.15, -0.1) is 0 Å². The summed E-state index contributed by atoms with van der Waals surface area (Å²) in [6.07, 6.45) is 4.96. The van der Waals surface area contributed by atoms with E-state index in [1.165, 1.54) is 0 Å². The summed E-state index contributed by atoms with van der Waals surface area (Å²) in [5, 5.41) is 8.20. The number of fused-ring (bicyclic) bond motifs is 1. The first-order valence-corrected chi connectivity index (χ1v) is 10.6. The number of benzene rings is 2. The van der Waals surface area contributed by atoms with Gasteiger partial charge in [0.15, 0.2) is 5.82 Å². The van der Waals surface area contributed by atoms with E-state index in [4.69, 9.17) is 10.5 Å². The number of ether oxygens (including phenoxy) is 1. The number of anilines is 3. The molecule has 0 unspecified atom stereocenters. The molecular weight excluding hydrogens is 405 g/mol. The first-order chi connectivity index (χ1) is 15.6. The van der Waals surface area contributed by atoms with Crippen LogP contribution in [0, 0.1) is 12.7 Å². The first-order valence-electron chi connectivity index (χ1n) is 10.6. The summed E-state index contributed by atoms with van der Waals surface area (Å²) in [5.41, 5.74) is 10.4. The number of aromatic nitrogens is 2. The molecule has 0 radical (unpaired) electrons. The molecule has 6 nitrogen and oxygen atoms in total. The normalized spacial score (nSPS) is 16.2. The van der Waals surface area contributed by atoms with Crippen molar-refractivity contribution < 1.29 is 9.13 Å². The number of aryl methyl sites for hydroxylation is 1. The van der Waals surface area contributed by atoms with Crippen LogP contribution >= 0.6 is 0 Å². The van der Waals surface area contributed by atoms with Crippen molar-refractivity contribution in [3.63, 3.8) is 0 Å². The van der Waals surface area contributed by atoms with Gasteiger partial charge in [-0.25, -0.2) is 9.37 Å². The highest BCUT2D eigenvalue weighted by Crippen LogP contribution is 2.35. The van der Waals surface area contributed by atoms with Gasteiger partial charge in [0.25, 0.3) is 0 Å². The van der Waals surface area contributed by atoms with Gasteiger partial charge in [-0.3, -0.25) is 4.98 Å². The molecule has 0 aliphatic carbocycles. The van der Waals surface area contributed by atoms with Crippen LogP contribution in [-0.4, -0.2) is 29.7 Å². The van der Waals surface area contributed by atoms with Crippen molar-refractivity contribution in [3.8, 4) is 11.1 Å². The van der Waals surface area contributed by atoms with E-state index in [0.717, 1.165) is 40.9 Å². The fourth-order valence-electron chi connectivity index (χ4n) is 4.07. The van der Waals surface area contributed by atoms with E-state index in [0.29, 0.717) is 23.4 Å². The Hall–Kier alpha value is -3.55. The van der Waals surface area contributed by atoms with Crippen molar-refractivity contribution in [2.24, 2.45) is 0 Å². The molecule has 7 heteroatoms. The number of morpholine rings is 1. The van der Waals surface area contributed by atoms with Crippen LogP contribution in [0.5, 0.6) is 0 Å². The second-order valence-corrected chi connectivity index (χ2v) is 7.97. The van der Waals surface area contributed by atoms with Crippen molar-refractivity contribution in [3.05, 3.63) is 78.0 Å². The third-order valence-electron chi connectivity index (χ3n) is 5.81. The minimum atomic E-state index is -0.453. The molecule has 2 aromatic heterocycles. The Morgan fingerprint density at radius 2 is 2.06 bits per heavy atom. The van der Waals surface area contributed by atoms with Crippen LogP contribution in [0.3, 0.4) is 0 Å². The maximum atomic E-state index is 15.1. The van der Waals surface area contributed by atoms with Gasteiger partial charge in [-0.1, -0.05) is 12.1 Å². The highest BCUT2D eigenvalue weighted by Gasteiger charge is 2.17. The average molecular weight is 429 g/mol. The number of nitrogens with one attached hydrogen (secondary N) is 2. The Morgan fingerprint density at radius 3 is 2.88 bits per heavy atom. The standard InChI is InChI=1S/C25H24FN5O/c1-15-5-6-28-12-20(15)19-10-17-11-23(30-13-21(17)25(27)24(19)26)31-18-4-2-3-16(9-18)22-14-32-8-7-29-22/h2-6,9-13,22,29H,7-8,14,27H2,1H3,(H,30,31)/t22-/m1/s1. The molecule has 4 aromatic rings. The van der Waals surface area contributed by atoms with Gasteiger partial charge in [-0.05, 0) is 53.8 Å². The van der Waals surface area contributed by atoms with E-state index >= 15 is 4.39 Å². The van der Waals surface area contributed by atoms with E-state index in [2.05, 4.69) is 32.7 Å². The Kier molecular flexibility index (Phi) is 5.43. The quantitative estimate of drug-likeness (QED) is 0.407. The van der Waals surface area contributed by atoms with Crippen molar-refractivity contribution >= 4 is 28.0 Å². The first kappa shape index (κ1) is 20.4. The van der Waals surface area contributed by atoms with Gasteiger partial charge >= 0.3 is 0 Å². The van der Waals surface area contributed by atoms with Crippen LogP contribution in [0.15, 0.2) is 61.1 Å². The summed E-state index contributed by atoms with van der Waals surface area (Å²) >= 11 is 0. The number of hydrogen-bond acceptors (Lipinski definition) is 6. The largest absolute Gasteiger partial charge is 0.396 e. The van der Waals surface area contributed by atoms with Crippen LogP contribution in [-0.2, 0) is 4.74 Å². The van der Waals surface area contributed by atoms with E-state index in [1.54, 1.807) is 24.7 Å². The second kappa shape index (κ2) is 8.53. The number of nitrogens with two attached hydrogens (primary N) is 1. The zero-order valence-electron chi connectivity index (χ0n) is 17.7. The molecule has 1 aliphatic rings. The molecule has 32 heavy (non-hydrogen) atoms. The van der Waals surface area contributed by atoms with Crippen LogP contribution in [0.2, 0.25) is 0 Å². The molecule has 0 spiro atoms. The number of hydrogen-bond donors (Lipinski definition) is 3.